The third-order valence-corrected chi connectivity index (χ3v) is 2.53. The number of pyridine rings is 1. The summed E-state index contributed by atoms with van der Waals surface area (Å²) in [6, 6.07) is 13.5. The molecule has 3 nitrogen and oxygen atoms in total. The van der Waals surface area contributed by atoms with Gasteiger partial charge in [0.2, 0.25) is 0 Å². The molecular weight excluding hydrogens is 214 g/mol. The van der Waals surface area contributed by atoms with E-state index in [0.29, 0.717) is 5.69 Å². The molecule has 3 heteroatoms. The Balaban J connectivity index is 2.10. The summed E-state index contributed by atoms with van der Waals surface area (Å²) in [7, 11) is 0. The molecule has 1 aromatic heterocycles. The summed E-state index contributed by atoms with van der Waals surface area (Å²) in [5.41, 5.74) is 1.73. The number of aliphatic hydroxyl groups is 1. The van der Waals surface area contributed by atoms with Gasteiger partial charge in [-0.05, 0) is 18.6 Å². The lowest BCUT2D eigenvalue weighted by atomic mass is 10.1. The summed E-state index contributed by atoms with van der Waals surface area (Å²) in [5.74, 6) is 0.723. The summed E-state index contributed by atoms with van der Waals surface area (Å²) >= 11 is 0. The van der Waals surface area contributed by atoms with Gasteiger partial charge in [0, 0.05) is 12.3 Å². The number of benzene rings is 1. The van der Waals surface area contributed by atoms with Gasteiger partial charge in [-0.2, -0.15) is 0 Å². The number of rotatable bonds is 4. The van der Waals surface area contributed by atoms with Crippen molar-refractivity contribution < 1.29 is 9.84 Å². The molecule has 1 aromatic carbocycles. The first-order valence-corrected chi connectivity index (χ1v) is 5.57. The van der Waals surface area contributed by atoms with Crippen LogP contribution in [-0.4, -0.2) is 10.1 Å². The minimum atomic E-state index is -0.0725. The maximum atomic E-state index is 9.00. The van der Waals surface area contributed by atoms with Crippen LogP contribution in [0.1, 0.15) is 24.3 Å². The monoisotopic (exact) mass is 229 g/mol. The third kappa shape index (κ3) is 3.04. The van der Waals surface area contributed by atoms with E-state index in [-0.39, 0.29) is 12.7 Å². The fraction of sp³-hybridized carbons (Fsp3) is 0.214. The number of hydrogen-bond acceptors (Lipinski definition) is 3. The van der Waals surface area contributed by atoms with Crippen molar-refractivity contribution >= 4 is 0 Å². The molecule has 0 spiro atoms. The lowest BCUT2D eigenvalue weighted by Crippen LogP contribution is -2.03. The van der Waals surface area contributed by atoms with Gasteiger partial charge in [-0.3, -0.25) is 4.98 Å². The van der Waals surface area contributed by atoms with Crippen molar-refractivity contribution in [2.75, 3.05) is 0 Å². The quantitative estimate of drug-likeness (QED) is 0.876. The van der Waals surface area contributed by atoms with E-state index in [0.717, 1.165) is 11.3 Å². The lowest BCUT2D eigenvalue weighted by Gasteiger charge is -2.15. The van der Waals surface area contributed by atoms with Crippen molar-refractivity contribution in [2.45, 2.75) is 19.6 Å². The number of nitrogens with zero attached hydrogens (tertiary/aromatic N) is 1. The molecule has 0 aliphatic carbocycles. The van der Waals surface area contributed by atoms with Gasteiger partial charge in [0.15, 0.2) is 0 Å². The van der Waals surface area contributed by atoms with Gasteiger partial charge in [-0.15, -0.1) is 0 Å². The van der Waals surface area contributed by atoms with E-state index in [9.17, 15) is 0 Å². The zero-order valence-electron chi connectivity index (χ0n) is 9.71. The second-order valence-electron chi connectivity index (χ2n) is 3.81. The highest BCUT2D eigenvalue weighted by molar-refractivity contribution is 5.24. The molecule has 17 heavy (non-hydrogen) atoms. The van der Waals surface area contributed by atoms with Crippen LogP contribution < -0.4 is 4.74 Å². The zero-order valence-corrected chi connectivity index (χ0v) is 9.71. The summed E-state index contributed by atoms with van der Waals surface area (Å²) in [4.78, 5) is 4.01. The smallest absolute Gasteiger partial charge is 0.123 e. The molecule has 0 bridgehead atoms. The number of aliphatic hydroxyl groups excluding tert-OH is 1. The molecule has 88 valence electrons. The maximum Gasteiger partial charge on any atom is 0.123 e. The Labute approximate surface area is 101 Å². The van der Waals surface area contributed by atoms with E-state index >= 15 is 0 Å². The molecule has 0 amide bonds. The van der Waals surface area contributed by atoms with Crippen LogP contribution in [0.2, 0.25) is 0 Å². The molecule has 1 N–H and O–H groups in total. The Bertz CT molecular complexity index is 471. The maximum absolute atomic E-state index is 9.00. The van der Waals surface area contributed by atoms with Crippen LogP contribution in [0.15, 0.2) is 48.7 Å². The highest BCUT2D eigenvalue weighted by Gasteiger charge is 2.06. The Morgan fingerprint density at radius 1 is 1.24 bits per heavy atom. The first-order valence-electron chi connectivity index (χ1n) is 5.57. The molecule has 2 rings (SSSR count). The number of hydrogen-bond donors (Lipinski definition) is 1. The number of aromatic nitrogens is 1. The van der Waals surface area contributed by atoms with Crippen LogP contribution in [0.3, 0.4) is 0 Å². The molecule has 0 radical (unpaired) electrons. The minimum absolute atomic E-state index is 0.0230. The van der Waals surface area contributed by atoms with Crippen molar-refractivity contribution in [3.63, 3.8) is 0 Å². The molecule has 2 aromatic rings. The largest absolute Gasteiger partial charge is 0.486 e. The first-order chi connectivity index (χ1) is 8.29. The molecule has 1 unspecified atom stereocenters. The molecule has 0 aliphatic heterocycles. The predicted molar refractivity (Wildman–Crippen MR) is 65.6 cm³/mol. The fourth-order valence-electron chi connectivity index (χ4n) is 1.61. The lowest BCUT2D eigenvalue weighted by molar-refractivity contribution is 0.224. The molecule has 0 saturated carbocycles. The zero-order chi connectivity index (χ0) is 12.1. The van der Waals surface area contributed by atoms with Gasteiger partial charge in [0.05, 0.1) is 12.3 Å². The van der Waals surface area contributed by atoms with Crippen LogP contribution in [0.4, 0.5) is 0 Å². The fourth-order valence-corrected chi connectivity index (χ4v) is 1.61. The van der Waals surface area contributed by atoms with Gasteiger partial charge in [-0.1, -0.05) is 30.3 Å². The van der Waals surface area contributed by atoms with Crippen molar-refractivity contribution in [1.82, 2.24) is 4.98 Å². The van der Waals surface area contributed by atoms with Gasteiger partial charge in [-0.25, -0.2) is 0 Å². The van der Waals surface area contributed by atoms with E-state index in [1.54, 1.807) is 18.3 Å². The van der Waals surface area contributed by atoms with Crippen molar-refractivity contribution in [1.29, 1.82) is 0 Å². The molecule has 0 aliphatic rings. The van der Waals surface area contributed by atoms with Gasteiger partial charge < -0.3 is 9.84 Å². The van der Waals surface area contributed by atoms with Crippen LogP contribution in [0.25, 0.3) is 0 Å². The van der Waals surface area contributed by atoms with Gasteiger partial charge in [0.25, 0.3) is 0 Å². The van der Waals surface area contributed by atoms with Crippen LogP contribution >= 0.6 is 0 Å². The topological polar surface area (TPSA) is 42.4 Å². The summed E-state index contributed by atoms with van der Waals surface area (Å²) in [5, 5.41) is 9.00. The molecular formula is C14H15NO2. The summed E-state index contributed by atoms with van der Waals surface area (Å²) in [6.45, 7) is 1.92. The van der Waals surface area contributed by atoms with E-state index in [1.165, 1.54) is 0 Å². The Morgan fingerprint density at radius 2 is 2.00 bits per heavy atom. The first kappa shape index (κ1) is 11.6. The van der Waals surface area contributed by atoms with Crippen molar-refractivity contribution in [3.05, 3.63) is 59.9 Å². The molecule has 0 fully saturated rings. The second kappa shape index (κ2) is 5.46. The molecule has 1 heterocycles. The van der Waals surface area contributed by atoms with Crippen LogP contribution in [0, 0.1) is 0 Å². The van der Waals surface area contributed by atoms with E-state index < -0.39 is 0 Å². The van der Waals surface area contributed by atoms with Gasteiger partial charge in [0.1, 0.15) is 11.9 Å². The van der Waals surface area contributed by atoms with Crippen molar-refractivity contribution in [3.8, 4) is 5.75 Å². The average molecular weight is 229 g/mol. The van der Waals surface area contributed by atoms with Crippen molar-refractivity contribution in [2.24, 2.45) is 0 Å². The average Bonchev–Trinajstić information content (AvgIpc) is 2.40. The SMILES string of the molecule is CC(Oc1ccnc(CO)c1)c1ccccc1. The summed E-state index contributed by atoms with van der Waals surface area (Å²) < 4.78 is 5.79. The normalized spacial score (nSPS) is 12.1. The van der Waals surface area contributed by atoms with E-state index in [1.807, 2.05) is 37.3 Å². The molecule has 0 saturated heterocycles. The summed E-state index contributed by atoms with van der Waals surface area (Å²) in [6.07, 6.45) is 1.61. The second-order valence-corrected chi connectivity index (χ2v) is 3.81. The standard InChI is InChI=1S/C14H15NO2/c1-11(12-5-3-2-4-6-12)17-14-7-8-15-13(9-14)10-16/h2-9,11,16H,10H2,1H3. The van der Waals surface area contributed by atoms with E-state index in [2.05, 4.69) is 4.98 Å². The Morgan fingerprint density at radius 3 is 2.71 bits per heavy atom. The van der Waals surface area contributed by atoms with Crippen LogP contribution in [0.5, 0.6) is 5.75 Å². The minimum Gasteiger partial charge on any atom is -0.486 e. The number of ether oxygens (including phenoxy) is 1. The van der Waals surface area contributed by atoms with E-state index in [4.69, 9.17) is 9.84 Å². The third-order valence-electron chi connectivity index (χ3n) is 2.53. The Kier molecular flexibility index (Phi) is 3.73. The highest BCUT2D eigenvalue weighted by Crippen LogP contribution is 2.21. The van der Waals surface area contributed by atoms with Gasteiger partial charge >= 0.3 is 0 Å². The molecule has 1 atom stereocenters. The van der Waals surface area contributed by atoms with Crippen LogP contribution in [-0.2, 0) is 6.61 Å². The highest BCUT2D eigenvalue weighted by atomic mass is 16.5. The predicted octanol–water partition coefficient (Wildman–Crippen LogP) is 2.71. The Hall–Kier alpha value is -1.87.